The van der Waals surface area contributed by atoms with Gasteiger partial charge in [0.25, 0.3) is 11.8 Å². The van der Waals surface area contributed by atoms with Crippen molar-refractivity contribution >= 4 is 29.4 Å². The van der Waals surface area contributed by atoms with Gasteiger partial charge in [0.15, 0.2) is 0 Å². The number of ether oxygens (including phenoxy) is 1. The number of amides is 4. The van der Waals surface area contributed by atoms with Gasteiger partial charge in [-0.25, -0.2) is 0 Å². The van der Waals surface area contributed by atoms with Crippen LogP contribution in [0.25, 0.3) is 0 Å². The van der Waals surface area contributed by atoms with Crippen LogP contribution in [0.3, 0.4) is 0 Å². The minimum Gasteiger partial charge on any atom is -0.493 e. The highest BCUT2D eigenvalue weighted by Gasteiger charge is 2.45. The highest BCUT2D eigenvalue weighted by atomic mass is 16.5. The van der Waals surface area contributed by atoms with Gasteiger partial charge >= 0.3 is 0 Å². The fourth-order valence-corrected chi connectivity index (χ4v) is 3.61. The first-order valence-electron chi connectivity index (χ1n) is 9.93. The highest BCUT2D eigenvalue weighted by Crippen LogP contribution is 2.33. The first-order valence-corrected chi connectivity index (χ1v) is 9.93. The molecule has 2 aliphatic heterocycles. The van der Waals surface area contributed by atoms with Crippen LogP contribution in [0.4, 0.5) is 0 Å². The van der Waals surface area contributed by atoms with Crippen molar-refractivity contribution in [1.82, 2.24) is 10.2 Å². The SMILES string of the molecule is CCCC(=O)CCCCOc1cccc2c1C(=O)N(C1CCC(=O)NC1=O)C2=O. The molecular formula is C21H24N2O6. The predicted molar refractivity (Wildman–Crippen MR) is 102 cm³/mol. The maximum absolute atomic E-state index is 12.9. The quantitative estimate of drug-likeness (QED) is 0.502. The normalized spacial score (nSPS) is 18.7. The number of carbonyl (C=O) groups excluding carboxylic acids is 5. The molecule has 0 aromatic heterocycles. The number of ketones is 1. The van der Waals surface area contributed by atoms with Gasteiger partial charge in [0, 0.05) is 19.3 Å². The maximum Gasteiger partial charge on any atom is 0.266 e. The number of hydrogen-bond donors (Lipinski definition) is 1. The smallest absolute Gasteiger partial charge is 0.266 e. The number of benzene rings is 1. The molecule has 154 valence electrons. The minimum absolute atomic E-state index is 0.0733. The molecule has 4 amide bonds. The van der Waals surface area contributed by atoms with E-state index in [2.05, 4.69) is 5.32 Å². The van der Waals surface area contributed by atoms with Gasteiger partial charge in [-0.2, -0.15) is 0 Å². The van der Waals surface area contributed by atoms with Crippen LogP contribution in [0.1, 0.15) is 72.6 Å². The molecule has 0 radical (unpaired) electrons. The van der Waals surface area contributed by atoms with Gasteiger partial charge in [0.05, 0.1) is 17.7 Å². The van der Waals surface area contributed by atoms with E-state index in [1.807, 2.05) is 6.92 Å². The summed E-state index contributed by atoms with van der Waals surface area (Å²) in [5.74, 6) is -1.69. The van der Waals surface area contributed by atoms with Crippen molar-refractivity contribution in [3.8, 4) is 5.75 Å². The maximum atomic E-state index is 12.9. The van der Waals surface area contributed by atoms with E-state index in [1.165, 1.54) is 6.07 Å². The Labute approximate surface area is 168 Å². The summed E-state index contributed by atoms with van der Waals surface area (Å²) < 4.78 is 5.72. The first-order chi connectivity index (χ1) is 13.9. The third-order valence-corrected chi connectivity index (χ3v) is 5.07. The van der Waals surface area contributed by atoms with Gasteiger partial charge in [-0.1, -0.05) is 13.0 Å². The lowest BCUT2D eigenvalue weighted by Crippen LogP contribution is -2.54. The number of fused-ring (bicyclic) bond motifs is 1. The Morgan fingerprint density at radius 2 is 1.93 bits per heavy atom. The standard InChI is InChI=1S/C21H24N2O6/c1-2-6-13(24)7-3-4-12-29-16-9-5-8-14-18(16)21(28)23(20(14)27)15-10-11-17(25)22-19(15)26/h5,8-9,15H,2-4,6-7,10-12H2,1H3,(H,22,25,26). The number of hydrogen-bond acceptors (Lipinski definition) is 6. The summed E-state index contributed by atoms with van der Waals surface area (Å²) in [7, 11) is 0. The number of unbranched alkanes of at least 4 members (excludes halogenated alkanes) is 1. The monoisotopic (exact) mass is 400 g/mol. The zero-order valence-electron chi connectivity index (χ0n) is 16.4. The second kappa shape index (κ2) is 8.98. The Morgan fingerprint density at radius 3 is 2.66 bits per heavy atom. The molecule has 1 aromatic carbocycles. The number of carbonyl (C=O) groups is 5. The molecule has 8 heteroatoms. The van der Waals surface area contributed by atoms with Gasteiger partial charge in [-0.05, 0) is 37.8 Å². The molecule has 3 rings (SSSR count). The summed E-state index contributed by atoms with van der Waals surface area (Å²) in [6.07, 6.45) is 3.46. The van der Waals surface area contributed by atoms with E-state index in [-0.39, 0.29) is 35.5 Å². The van der Waals surface area contributed by atoms with Crippen LogP contribution in [0, 0.1) is 0 Å². The van der Waals surface area contributed by atoms with Crippen LogP contribution in [0.5, 0.6) is 5.75 Å². The number of nitrogens with zero attached hydrogens (tertiary/aromatic N) is 1. The van der Waals surface area contributed by atoms with Crippen molar-refractivity contribution in [2.45, 2.75) is 57.9 Å². The second-order valence-corrected chi connectivity index (χ2v) is 7.22. The van der Waals surface area contributed by atoms with Crippen LogP contribution < -0.4 is 10.1 Å². The second-order valence-electron chi connectivity index (χ2n) is 7.22. The lowest BCUT2D eigenvalue weighted by atomic mass is 10.0. The Hall–Kier alpha value is -3.03. The van der Waals surface area contributed by atoms with Crippen molar-refractivity contribution in [1.29, 1.82) is 0 Å². The Balaban J connectivity index is 1.66. The summed E-state index contributed by atoms with van der Waals surface area (Å²) in [4.78, 5) is 61.6. The third kappa shape index (κ3) is 4.36. The molecule has 0 spiro atoms. The molecule has 1 aromatic rings. The number of piperidine rings is 1. The van der Waals surface area contributed by atoms with E-state index in [4.69, 9.17) is 4.74 Å². The molecule has 0 aliphatic carbocycles. The average molecular weight is 400 g/mol. The van der Waals surface area contributed by atoms with E-state index in [1.54, 1.807) is 12.1 Å². The van der Waals surface area contributed by atoms with E-state index in [0.717, 1.165) is 11.3 Å². The predicted octanol–water partition coefficient (Wildman–Crippen LogP) is 2.01. The van der Waals surface area contributed by atoms with Crippen LogP contribution in [-0.4, -0.2) is 47.0 Å². The summed E-state index contributed by atoms with van der Waals surface area (Å²) in [5.41, 5.74) is 0.333. The van der Waals surface area contributed by atoms with E-state index in [9.17, 15) is 24.0 Å². The molecular weight excluding hydrogens is 376 g/mol. The minimum atomic E-state index is -1.00. The van der Waals surface area contributed by atoms with Crippen LogP contribution in [0.15, 0.2) is 18.2 Å². The fraction of sp³-hybridized carbons (Fsp3) is 0.476. The molecule has 1 fully saturated rings. The number of Topliss-reactive ketones (excluding diaryl/α,β-unsaturated/α-hetero) is 1. The zero-order valence-corrected chi connectivity index (χ0v) is 16.4. The van der Waals surface area contributed by atoms with E-state index in [0.29, 0.717) is 32.3 Å². The Kier molecular flexibility index (Phi) is 6.41. The number of imide groups is 2. The van der Waals surface area contributed by atoms with Crippen molar-refractivity contribution in [3.05, 3.63) is 29.3 Å². The fourth-order valence-electron chi connectivity index (χ4n) is 3.61. The molecule has 0 bridgehead atoms. The van der Waals surface area contributed by atoms with Crippen molar-refractivity contribution in [2.75, 3.05) is 6.61 Å². The lowest BCUT2D eigenvalue weighted by molar-refractivity contribution is -0.136. The lowest BCUT2D eigenvalue weighted by Gasteiger charge is -2.27. The summed E-state index contributed by atoms with van der Waals surface area (Å²) in [6.45, 7) is 2.28. The largest absolute Gasteiger partial charge is 0.493 e. The van der Waals surface area contributed by atoms with Gasteiger partial charge < -0.3 is 4.74 Å². The number of nitrogens with one attached hydrogen (secondary N) is 1. The molecule has 2 aliphatic rings. The van der Waals surface area contributed by atoms with Crippen LogP contribution in [-0.2, 0) is 14.4 Å². The van der Waals surface area contributed by atoms with Gasteiger partial charge in [0.1, 0.15) is 17.6 Å². The topological polar surface area (TPSA) is 110 Å². The first kappa shape index (κ1) is 20.7. The van der Waals surface area contributed by atoms with Crippen LogP contribution >= 0.6 is 0 Å². The molecule has 2 heterocycles. The van der Waals surface area contributed by atoms with Gasteiger partial charge in [-0.15, -0.1) is 0 Å². The highest BCUT2D eigenvalue weighted by molar-refractivity contribution is 6.24. The van der Waals surface area contributed by atoms with Crippen molar-refractivity contribution in [2.24, 2.45) is 0 Å². The Morgan fingerprint density at radius 1 is 1.14 bits per heavy atom. The molecule has 1 unspecified atom stereocenters. The van der Waals surface area contributed by atoms with Gasteiger partial charge in [0.2, 0.25) is 11.8 Å². The van der Waals surface area contributed by atoms with Crippen molar-refractivity contribution in [3.63, 3.8) is 0 Å². The zero-order chi connectivity index (χ0) is 21.0. The molecule has 1 N–H and O–H groups in total. The Bertz CT molecular complexity index is 863. The molecule has 29 heavy (non-hydrogen) atoms. The molecule has 1 atom stereocenters. The van der Waals surface area contributed by atoms with Crippen LogP contribution in [0.2, 0.25) is 0 Å². The molecule has 0 saturated carbocycles. The van der Waals surface area contributed by atoms with Gasteiger partial charge in [-0.3, -0.25) is 34.2 Å². The van der Waals surface area contributed by atoms with Crippen molar-refractivity contribution < 1.29 is 28.7 Å². The molecule has 1 saturated heterocycles. The van der Waals surface area contributed by atoms with E-state index < -0.39 is 29.7 Å². The van der Waals surface area contributed by atoms with E-state index >= 15 is 0 Å². The number of rotatable bonds is 9. The summed E-state index contributed by atoms with van der Waals surface area (Å²) in [5, 5.41) is 2.17. The average Bonchev–Trinajstić information content (AvgIpc) is 2.93. The summed E-state index contributed by atoms with van der Waals surface area (Å²) in [6, 6.07) is 3.76. The molecule has 8 nitrogen and oxygen atoms in total. The summed E-state index contributed by atoms with van der Waals surface area (Å²) >= 11 is 0. The third-order valence-electron chi connectivity index (χ3n) is 5.07.